The Kier molecular flexibility index (Phi) is 9.82. The molecular weight excluding hydrogens is 659 g/mol. The average Bonchev–Trinajstić information content (AvgIpc) is 3.49. The van der Waals surface area contributed by atoms with E-state index in [1.807, 2.05) is 49.4 Å². The van der Waals surface area contributed by atoms with Crippen molar-refractivity contribution in [3.8, 4) is 16.9 Å². The highest BCUT2D eigenvalue weighted by atomic mass is 32.2. The van der Waals surface area contributed by atoms with Crippen LogP contribution in [0.1, 0.15) is 31.2 Å². The molecule has 1 aromatic heterocycles. The van der Waals surface area contributed by atoms with Crippen LogP contribution in [0.4, 0.5) is 18.9 Å². The van der Waals surface area contributed by atoms with Gasteiger partial charge in [-0.05, 0) is 67.3 Å². The molecule has 10 nitrogen and oxygen atoms in total. The first kappa shape index (κ1) is 34.2. The zero-order valence-corrected chi connectivity index (χ0v) is 26.8. The number of halogens is 3. The van der Waals surface area contributed by atoms with E-state index >= 15 is 0 Å². The highest BCUT2D eigenvalue weighted by molar-refractivity contribution is 7.85. The van der Waals surface area contributed by atoms with Crippen molar-refractivity contribution >= 4 is 43.0 Å². The molecule has 0 bridgehead atoms. The molecule has 1 aliphatic heterocycles. The Hall–Kier alpha value is -4.18. The Morgan fingerprint density at radius 1 is 0.872 bits per heavy atom. The van der Waals surface area contributed by atoms with Gasteiger partial charge in [-0.2, -0.15) is 13.2 Å². The maximum Gasteiger partial charge on any atom is 0.416 e. The second-order valence-electron chi connectivity index (χ2n) is 10.9. The van der Waals surface area contributed by atoms with Crippen LogP contribution < -0.4 is 14.2 Å². The van der Waals surface area contributed by atoms with E-state index in [0.717, 1.165) is 23.3 Å². The van der Waals surface area contributed by atoms with Crippen molar-refractivity contribution in [2.75, 3.05) is 23.0 Å². The van der Waals surface area contributed by atoms with Crippen LogP contribution in [0.5, 0.6) is 5.75 Å². The number of aryl methyl sites for hydroxylation is 2. The van der Waals surface area contributed by atoms with Crippen molar-refractivity contribution in [3.63, 3.8) is 0 Å². The fourth-order valence-electron chi connectivity index (χ4n) is 5.57. The topological polar surface area (TPSA) is 136 Å². The van der Waals surface area contributed by atoms with E-state index in [1.165, 1.54) is 6.07 Å². The molecule has 0 saturated carbocycles. The Morgan fingerprint density at radius 2 is 1.55 bits per heavy atom. The van der Waals surface area contributed by atoms with Gasteiger partial charge in [0.25, 0.3) is 5.82 Å². The molecule has 47 heavy (non-hydrogen) atoms. The average molecular weight is 691 g/mol. The number of rotatable bonds is 12. The molecule has 0 amide bonds. The minimum absolute atomic E-state index is 0.0273. The Labute approximate surface area is 270 Å². The van der Waals surface area contributed by atoms with Crippen molar-refractivity contribution in [2.45, 2.75) is 39.0 Å². The summed E-state index contributed by atoms with van der Waals surface area (Å²) in [5.41, 5.74) is 2.32. The van der Waals surface area contributed by atoms with Crippen LogP contribution >= 0.6 is 0 Å². The van der Waals surface area contributed by atoms with Gasteiger partial charge in [0.1, 0.15) is 0 Å². The zero-order chi connectivity index (χ0) is 34.0. The first-order valence-electron chi connectivity index (χ1n) is 14.7. The number of benzene rings is 3. The molecule has 1 aliphatic rings. The fourth-order valence-corrected chi connectivity index (χ4v) is 6.53. The highest BCUT2D eigenvalue weighted by Gasteiger charge is 2.33. The van der Waals surface area contributed by atoms with Gasteiger partial charge < -0.3 is 18.7 Å². The predicted molar refractivity (Wildman–Crippen MR) is 168 cm³/mol. The molecule has 0 atom stereocenters. The third-order valence-corrected chi connectivity index (χ3v) is 9.20. The molecule has 3 aromatic carbocycles. The summed E-state index contributed by atoms with van der Waals surface area (Å²) in [5, 5.41) is 0. The largest absolute Gasteiger partial charge is 0.748 e. The Bertz CT molecular complexity index is 2060. The lowest BCUT2D eigenvalue weighted by Crippen LogP contribution is -2.35. The molecule has 0 saturated heterocycles. The molecule has 0 unspecified atom stereocenters. The maximum absolute atomic E-state index is 13.6. The first-order chi connectivity index (χ1) is 22.1. The smallest absolute Gasteiger partial charge is 0.416 e. The normalized spacial score (nSPS) is 14.8. The second-order valence-corrected chi connectivity index (χ2v) is 13.9. The van der Waals surface area contributed by atoms with E-state index in [0.29, 0.717) is 35.2 Å². The number of nitrogens with zero attached hydrogens (tertiary/aromatic N) is 3. The molecule has 0 fully saturated rings. The Morgan fingerprint density at radius 3 is 2.19 bits per heavy atom. The number of imidazole rings is 1. The number of hydrogen-bond donors (Lipinski definition) is 0. The summed E-state index contributed by atoms with van der Waals surface area (Å²) in [5.74, 6) is 0.0251. The summed E-state index contributed by atoms with van der Waals surface area (Å²) in [4.78, 5) is 1.75. The summed E-state index contributed by atoms with van der Waals surface area (Å²) in [7, 11) is -9.00. The third-order valence-electron chi connectivity index (χ3n) is 7.63. The SMILES string of the molecule is CC[n+]1c(/C=C/C=C2Oc3ccc(-c4ccccc4)cc3N2CCCS(=O)(=O)[O-])n(CCCS(=O)(=O)[O-])c2cc(C(F)(F)F)ccc21. The zero-order valence-electron chi connectivity index (χ0n) is 25.2. The third kappa shape index (κ3) is 8.22. The van der Waals surface area contributed by atoms with Gasteiger partial charge >= 0.3 is 6.18 Å². The van der Waals surface area contributed by atoms with Crippen molar-refractivity contribution in [1.82, 2.24) is 4.57 Å². The van der Waals surface area contributed by atoms with E-state index in [9.17, 15) is 39.1 Å². The van der Waals surface area contributed by atoms with Crippen LogP contribution in [0.15, 0.2) is 84.8 Å². The highest BCUT2D eigenvalue weighted by Crippen LogP contribution is 2.42. The summed E-state index contributed by atoms with van der Waals surface area (Å²) >= 11 is 0. The van der Waals surface area contributed by atoms with Crippen LogP contribution in [0.2, 0.25) is 0 Å². The molecule has 0 spiro atoms. The van der Waals surface area contributed by atoms with Crippen LogP contribution in [0, 0.1) is 0 Å². The Balaban J connectivity index is 1.54. The van der Waals surface area contributed by atoms with Crippen LogP contribution in [-0.4, -0.2) is 48.6 Å². The molecule has 15 heteroatoms. The number of hydrogen-bond acceptors (Lipinski definition) is 8. The number of ether oxygens (including phenoxy) is 1. The van der Waals surface area contributed by atoms with Gasteiger partial charge in [-0.1, -0.05) is 36.4 Å². The summed E-state index contributed by atoms with van der Waals surface area (Å²) < 4.78 is 118. The van der Waals surface area contributed by atoms with Gasteiger partial charge in [0.2, 0.25) is 5.88 Å². The fraction of sp³-hybridized carbons (Fsp3) is 0.281. The molecule has 5 rings (SSSR count). The number of fused-ring (bicyclic) bond motifs is 2. The standard InChI is InChI=1S/C32H32F3N3O7S2/c1-2-36-26-15-14-25(32(33,34)35)22-27(26)37(17-7-19-46(39,40)41)30(36)11-6-12-31-38(18-8-20-47(42,43)44)28-21-24(13-16-29(28)45-31)23-9-4-3-5-10-23/h3-6,9-16,21-22H,2,7-8,17-20H2,1H3,(H-,39,40,41,42,43,44)/p-1. The van der Waals surface area contributed by atoms with Crippen molar-refractivity contribution in [1.29, 1.82) is 0 Å². The van der Waals surface area contributed by atoms with Crippen LogP contribution in [0.25, 0.3) is 28.2 Å². The van der Waals surface area contributed by atoms with E-state index in [4.69, 9.17) is 4.74 Å². The second kappa shape index (κ2) is 13.5. The van der Waals surface area contributed by atoms with Gasteiger partial charge in [-0.3, -0.25) is 0 Å². The molecule has 0 aliphatic carbocycles. The maximum atomic E-state index is 13.6. The minimum atomic E-state index is -4.61. The number of alkyl halides is 3. The quantitative estimate of drug-likeness (QED) is 0.145. The number of aromatic nitrogens is 2. The molecule has 0 N–H and O–H groups in total. The van der Waals surface area contributed by atoms with E-state index in [-0.39, 0.29) is 31.4 Å². The van der Waals surface area contributed by atoms with Crippen LogP contribution in [0.3, 0.4) is 0 Å². The molecule has 4 aromatic rings. The van der Waals surface area contributed by atoms with Gasteiger partial charge in [0.05, 0.1) is 44.6 Å². The van der Waals surface area contributed by atoms with Gasteiger partial charge in [-0.15, -0.1) is 0 Å². The lowest BCUT2D eigenvalue weighted by atomic mass is 10.0. The van der Waals surface area contributed by atoms with Gasteiger partial charge in [0, 0.05) is 30.2 Å². The monoisotopic (exact) mass is 690 g/mol. The number of anilines is 1. The summed E-state index contributed by atoms with van der Waals surface area (Å²) in [6, 6.07) is 18.5. The van der Waals surface area contributed by atoms with E-state index in [1.54, 1.807) is 38.3 Å². The first-order valence-corrected chi connectivity index (χ1v) is 17.8. The molecular formula is C32H31F3N3O7S2-. The lowest BCUT2D eigenvalue weighted by molar-refractivity contribution is -0.670. The summed E-state index contributed by atoms with van der Waals surface area (Å²) in [6.07, 6.45) is 0.165. The molecule has 0 radical (unpaired) electrons. The van der Waals surface area contributed by atoms with Crippen molar-refractivity contribution < 1.29 is 48.4 Å². The number of allylic oxidation sites excluding steroid dienone is 2. The van der Waals surface area contributed by atoms with Gasteiger partial charge in [0.15, 0.2) is 16.8 Å². The minimum Gasteiger partial charge on any atom is -0.748 e. The predicted octanol–water partition coefficient (Wildman–Crippen LogP) is 5.26. The summed E-state index contributed by atoms with van der Waals surface area (Å²) in [6.45, 7) is 2.28. The van der Waals surface area contributed by atoms with Crippen molar-refractivity contribution in [2.24, 2.45) is 0 Å². The van der Waals surface area contributed by atoms with Crippen LogP contribution in [-0.2, 0) is 39.5 Å². The van der Waals surface area contributed by atoms with Crippen molar-refractivity contribution in [3.05, 3.63) is 96.2 Å². The van der Waals surface area contributed by atoms with E-state index in [2.05, 4.69) is 0 Å². The molecule has 2 heterocycles. The van der Waals surface area contributed by atoms with Gasteiger partial charge in [-0.25, -0.2) is 26.0 Å². The van der Waals surface area contributed by atoms with E-state index < -0.39 is 43.5 Å². The lowest BCUT2D eigenvalue weighted by Gasteiger charge is -2.19. The molecule has 250 valence electrons.